The van der Waals surface area contributed by atoms with Crippen LogP contribution >= 0.6 is 0 Å². The van der Waals surface area contributed by atoms with Crippen molar-refractivity contribution in [2.24, 2.45) is 5.73 Å². The van der Waals surface area contributed by atoms with Gasteiger partial charge in [0.2, 0.25) is 17.6 Å². The maximum Gasteiger partial charge on any atom is 0.248 e. The van der Waals surface area contributed by atoms with Gasteiger partial charge in [-0.1, -0.05) is 0 Å². The number of phenolic OH excluding ortho intramolecular Hbond substituents is 1. The second-order valence-electron chi connectivity index (χ2n) is 7.14. The molecule has 0 unspecified atom stereocenters. The zero-order valence-corrected chi connectivity index (χ0v) is 18.0. The van der Waals surface area contributed by atoms with Crippen molar-refractivity contribution in [3.63, 3.8) is 0 Å². The number of nitrogens with two attached hydrogens (primary N) is 1. The summed E-state index contributed by atoms with van der Waals surface area (Å²) in [7, 11) is 4.55. The summed E-state index contributed by atoms with van der Waals surface area (Å²) in [6.45, 7) is 1.75. The number of carbonyl (C=O) groups excluding carboxylic acids is 1. The minimum absolute atomic E-state index is 0.139. The number of ether oxygens (including phenoxy) is 3. The number of primary amides is 1. The number of amides is 1. The van der Waals surface area contributed by atoms with E-state index in [1.54, 1.807) is 48.0 Å². The first-order chi connectivity index (χ1) is 15.4. The van der Waals surface area contributed by atoms with Crippen molar-refractivity contribution >= 4 is 11.9 Å². The molecule has 1 amide bonds. The molecule has 3 aromatic rings. The lowest BCUT2D eigenvalue weighted by atomic mass is 9.94. The maximum atomic E-state index is 12.5. The number of fused-ring (bicyclic) bond motifs is 1. The Morgan fingerprint density at radius 2 is 1.72 bits per heavy atom. The number of aromatic hydroxyl groups is 1. The molecule has 4 rings (SSSR count). The Balaban J connectivity index is 1.92. The summed E-state index contributed by atoms with van der Waals surface area (Å²) in [5.41, 5.74) is 8.00. The normalized spacial score (nSPS) is 15.1. The number of rotatable bonds is 6. The third-order valence-corrected chi connectivity index (χ3v) is 5.25. The lowest BCUT2D eigenvalue weighted by molar-refractivity contribution is -0.115. The van der Waals surface area contributed by atoms with E-state index in [4.69, 9.17) is 19.9 Å². The monoisotopic (exact) mass is 437 g/mol. The van der Waals surface area contributed by atoms with E-state index in [1.165, 1.54) is 21.3 Å². The number of carbonyl (C=O) groups is 1. The molecule has 0 saturated heterocycles. The third-order valence-electron chi connectivity index (χ3n) is 5.25. The molecule has 2 heterocycles. The van der Waals surface area contributed by atoms with Gasteiger partial charge in [0.1, 0.15) is 11.8 Å². The quantitative estimate of drug-likeness (QED) is 0.535. The number of methoxy groups -OCH3 is 3. The van der Waals surface area contributed by atoms with Crippen LogP contribution in [-0.4, -0.2) is 47.1 Å². The Morgan fingerprint density at radius 3 is 2.25 bits per heavy atom. The number of nitrogens with zero attached hydrogens (tertiary/aromatic N) is 3. The van der Waals surface area contributed by atoms with E-state index in [0.29, 0.717) is 51.4 Å². The van der Waals surface area contributed by atoms with Crippen molar-refractivity contribution in [1.82, 2.24) is 14.8 Å². The van der Waals surface area contributed by atoms with Crippen LogP contribution in [0.4, 0.5) is 5.95 Å². The molecule has 1 aliphatic rings. The lowest BCUT2D eigenvalue weighted by Crippen LogP contribution is -2.31. The average molecular weight is 437 g/mol. The summed E-state index contributed by atoms with van der Waals surface area (Å²) < 4.78 is 18.0. The molecular formula is C22H23N5O5. The van der Waals surface area contributed by atoms with Crippen molar-refractivity contribution < 1.29 is 24.1 Å². The van der Waals surface area contributed by atoms with Gasteiger partial charge in [-0.05, 0) is 48.9 Å². The van der Waals surface area contributed by atoms with Gasteiger partial charge in [0.25, 0.3) is 0 Å². The number of phenols is 1. The van der Waals surface area contributed by atoms with E-state index >= 15 is 0 Å². The first-order valence-corrected chi connectivity index (χ1v) is 9.71. The largest absolute Gasteiger partial charge is 0.508 e. The van der Waals surface area contributed by atoms with Crippen molar-refractivity contribution in [3.8, 4) is 34.4 Å². The summed E-state index contributed by atoms with van der Waals surface area (Å²) in [4.78, 5) is 17.0. The summed E-state index contributed by atoms with van der Waals surface area (Å²) in [6, 6.07) is 9.34. The van der Waals surface area contributed by atoms with Gasteiger partial charge in [0.15, 0.2) is 17.3 Å². The highest BCUT2D eigenvalue weighted by Crippen LogP contribution is 2.44. The predicted molar refractivity (Wildman–Crippen MR) is 117 cm³/mol. The molecule has 1 atom stereocenters. The predicted octanol–water partition coefficient (Wildman–Crippen LogP) is 2.45. The van der Waals surface area contributed by atoms with Gasteiger partial charge in [0.05, 0.1) is 26.9 Å². The molecule has 0 bridgehead atoms. The molecule has 0 aliphatic carbocycles. The maximum absolute atomic E-state index is 12.5. The zero-order valence-electron chi connectivity index (χ0n) is 18.0. The molecule has 10 heteroatoms. The smallest absolute Gasteiger partial charge is 0.248 e. The van der Waals surface area contributed by atoms with Gasteiger partial charge in [-0.25, -0.2) is 4.68 Å². The average Bonchev–Trinajstić information content (AvgIpc) is 3.20. The Labute approximate surface area is 184 Å². The standard InChI is InChI=1S/C22H23N5O5/c1-11-17(20(23)29)18(13-9-15(30-2)19(32-4)16(10-13)31-3)27-22(24-11)25-21(26-27)12-5-7-14(28)8-6-12/h5-10,18,28H,1-4H3,(H2,23,29)(H,24,25,26)/t18-/m1/s1. The van der Waals surface area contributed by atoms with E-state index in [1.807, 2.05) is 0 Å². The summed E-state index contributed by atoms with van der Waals surface area (Å²) >= 11 is 0. The molecule has 0 spiro atoms. The number of benzene rings is 2. The van der Waals surface area contributed by atoms with Crippen molar-refractivity contribution in [1.29, 1.82) is 0 Å². The van der Waals surface area contributed by atoms with Crippen LogP contribution in [0, 0.1) is 0 Å². The second kappa shape index (κ2) is 8.14. The fourth-order valence-corrected chi connectivity index (χ4v) is 3.77. The molecule has 2 aromatic carbocycles. The molecule has 0 fully saturated rings. The Kier molecular flexibility index (Phi) is 5.35. The summed E-state index contributed by atoms with van der Waals surface area (Å²) in [5.74, 6) is 1.70. The Morgan fingerprint density at radius 1 is 1.09 bits per heavy atom. The lowest BCUT2D eigenvalue weighted by Gasteiger charge is -2.28. The van der Waals surface area contributed by atoms with Crippen molar-refractivity contribution in [3.05, 3.63) is 53.2 Å². The van der Waals surface area contributed by atoms with Gasteiger partial charge >= 0.3 is 0 Å². The van der Waals surface area contributed by atoms with Gasteiger partial charge in [-0.2, -0.15) is 4.98 Å². The van der Waals surface area contributed by atoms with Crippen LogP contribution < -0.4 is 25.3 Å². The molecule has 32 heavy (non-hydrogen) atoms. The van der Waals surface area contributed by atoms with Crippen molar-refractivity contribution in [2.75, 3.05) is 26.6 Å². The number of aromatic nitrogens is 3. The highest BCUT2D eigenvalue weighted by molar-refractivity contribution is 5.95. The van der Waals surface area contributed by atoms with E-state index in [0.717, 1.165) is 0 Å². The van der Waals surface area contributed by atoms with Crippen LogP contribution in [-0.2, 0) is 4.79 Å². The van der Waals surface area contributed by atoms with Gasteiger partial charge < -0.3 is 30.4 Å². The van der Waals surface area contributed by atoms with Crippen LogP contribution in [0.5, 0.6) is 23.0 Å². The highest BCUT2D eigenvalue weighted by atomic mass is 16.5. The van der Waals surface area contributed by atoms with Gasteiger partial charge in [-0.3, -0.25) is 4.79 Å². The number of allylic oxidation sites excluding steroid dienone is 1. The molecule has 1 aromatic heterocycles. The van der Waals surface area contributed by atoms with E-state index < -0.39 is 11.9 Å². The topological polar surface area (TPSA) is 134 Å². The van der Waals surface area contributed by atoms with Crippen LogP contribution in [0.25, 0.3) is 11.4 Å². The van der Waals surface area contributed by atoms with Crippen LogP contribution in [0.15, 0.2) is 47.7 Å². The molecule has 0 saturated carbocycles. The Hall–Kier alpha value is -4.21. The second-order valence-corrected chi connectivity index (χ2v) is 7.14. The van der Waals surface area contributed by atoms with E-state index in [-0.39, 0.29) is 5.75 Å². The first-order valence-electron chi connectivity index (χ1n) is 9.71. The Bertz CT molecular complexity index is 1190. The highest BCUT2D eigenvalue weighted by Gasteiger charge is 2.34. The molecule has 166 valence electrons. The minimum Gasteiger partial charge on any atom is -0.508 e. The van der Waals surface area contributed by atoms with E-state index in [9.17, 15) is 9.90 Å². The van der Waals surface area contributed by atoms with Crippen molar-refractivity contribution in [2.45, 2.75) is 13.0 Å². The molecule has 10 nitrogen and oxygen atoms in total. The fourth-order valence-electron chi connectivity index (χ4n) is 3.77. The first kappa shape index (κ1) is 21.0. The third kappa shape index (κ3) is 3.45. The molecule has 4 N–H and O–H groups in total. The van der Waals surface area contributed by atoms with Gasteiger partial charge in [-0.15, -0.1) is 5.10 Å². The zero-order chi connectivity index (χ0) is 23.0. The van der Waals surface area contributed by atoms with Gasteiger partial charge in [0, 0.05) is 11.3 Å². The number of anilines is 1. The number of hydrogen-bond donors (Lipinski definition) is 3. The van der Waals surface area contributed by atoms with E-state index in [2.05, 4.69) is 15.4 Å². The van der Waals surface area contributed by atoms with Crippen LogP contribution in [0.1, 0.15) is 18.5 Å². The summed E-state index contributed by atoms with van der Waals surface area (Å²) in [5, 5.41) is 17.3. The molecule has 0 radical (unpaired) electrons. The molecular weight excluding hydrogens is 414 g/mol. The van der Waals surface area contributed by atoms with Crippen LogP contribution in [0.2, 0.25) is 0 Å². The number of hydrogen-bond acceptors (Lipinski definition) is 8. The van der Waals surface area contributed by atoms with Crippen LogP contribution in [0.3, 0.4) is 0 Å². The minimum atomic E-state index is -0.684. The molecule has 1 aliphatic heterocycles. The fraction of sp³-hybridized carbons (Fsp3) is 0.227. The summed E-state index contributed by atoms with van der Waals surface area (Å²) in [6.07, 6.45) is 0. The number of nitrogens with one attached hydrogen (secondary N) is 1. The SMILES string of the molecule is COc1cc([C@@H]2C(C(N)=O)=C(C)Nc3nc(-c4ccc(O)cc4)nn32)cc(OC)c1OC.